The summed E-state index contributed by atoms with van der Waals surface area (Å²) in [6, 6.07) is 6.09. The molecule has 0 radical (unpaired) electrons. The fourth-order valence-electron chi connectivity index (χ4n) is 2.78. The van der Waals surface area contributed by atoms with Gasteiger partial charge in [0.2, 0.25) is 16.0 Å². The molecule has 0 bridgehead atoms. The van der Waals surface area contributed by atoms with Crippen molar-refractivity contribution in [3.05, 3.63) is 59.7 Å². The molecule has 0 atom stereocenters. The lowest BCUT2D eigenvalue weighted by Crippen LogP contribution is -2.27. The summed E-state index contributed by atoms with van der Waals surface area (Å²) in [7, 11) is -3.10. The number of nitrogens with one attached hydrogen (secondary N) is 3. The third-order valence-corrected chi connectivity index (χ3v) is 5.51. The van der Waals surface area contributed by atoms with E-state index in [-0.39, 0.29) is 29.9 Å². The van der Waals surface area contributed by atoms with Crippen molar-refractivity contribution >= 4 is 39.2 Å². The van der Waals surface area contributed by atoms with Crippen molar-refractivity contribution in [2.45, 2.75) is 12.7 Å². The Bertz CT molecular complexity index is 1340. The zero-order chi connectivity index (χ0) is 26.5. The second-order valence-corrected chi connectivity index (χ2v) is 8.93. The summed E-state index contributed by atoms with van der Waals surface area (Å²) >= 11 is 0. The fraction of sp³-hybridized carbons (Fsp3) is 0.250. The monoisotopic (exact) mass is 511 g/mol. The number of sulfonamides is 1. The number of nitrogens with zero attached hydrogens (tertiary/aromatic N) is 5. The van der Waals surface area contributed by atoms with Gasteiger partial charge in [0, 0.05) is 45.3 Å². The van der Waals surface area contributed by atoms with Crippen molar-refractivity contribution in [1.29, 1.82) is 0 Å². The maximum Gasteiger partial charge on any atom is 0.421 e. The zero-order valence-corrected chi connectivity index (χ0v) is 19.3. The van der Waals surface area contributed by atoms with E-state index >= 15 is 0 Å². The standard InChI is InChI=1S/C20H21F3N8O3S/c1-24-18(32)12-4-6-13(7-5-12)29-19-28-10-14(20(21,22)23)16(30-19)27-11-15-17(26-9-8-25-15)31(2)35(3,33)34/h4-10H,11H2,1-3H3,(H,24,32)(H2,27,28,29,30)/i2D. The van der Waals surface area contributed by atoms with E-state index in [0.717, 1.165) is 6.26 Å². The molecule has 2 heterocycles. The van der Waals surface area contributed by atoms with Crippen LogP contribution in [0.4, 0.5) is 36.4 Å². The van der Waals surface area contributed by atoms with Crippen LogP contribution in [0.1, 0.15) is 23.0 Å². The summed E-state index contributed by atoms with van der Waals surface area (Å²) in [5.41, 5.74) is -0.367. The number of carbonyl (C=O) groups is 1. The largest absolute Gasteiger partial charge is 0.421 e. The van der Waals surface area contributed by atoms with Crippen molar-refractivity contribution < 1.29 is 27.8 Å². The van der Waals surface area contributed by atoms with Gasteiger partial charge in [-0.1, -0.05) is 0 Å². The first-order chi connectivity index (χ1) is 16.9. The van der Waals surface area contributed by atoms with Crippen molar-refractivity contribution in [3.63, 3.8) is 0 Å². The quantitative estimate of drug-likeness (QED) is 0.415. The molecule has 3 N–H and O–H groups in total. The van der Waals surface area contributed by atoms with E-state index in [4.69, 9.17) is 1.37 Å². The number of amides is 1. The molecule has 0 unspecified atom stereocenters. The second-order valence-electron chi connectivity index (χ2n) is 7.03. The molecule has 0 saturated heterocycles. The van der Waals surface area contributed by atoms with Crippen molar-refractivity contribution in [1.82, 2.24) is 25.3 Å². The van der Waals surface area contributed by atoms with Gasteiger partial charge < -0.3 is 16.0 Å². The summed E-state index contributed by atoms with van der Waals surface area (Å²) < 4.78 is 72.9. The van der Waals surface area contributed by atoms with Gasteiger partial charge in [-0.05, 0) is 24.3 Å². The number of anilines is 4. The summed E-state index contributed by atoms with van der Waals surface area (Å²) in [5, 5.41) is 7.75. The first-order valence-electron chi connectivity index (χ1n) is 10.5. The number of rotatable bonds is 8. The number of hydrogen-bond acceptors (Lipinski definition) is 9. The molecule has 35 heavy (non-hydrogen) atoms. The van der Waals surface area contributed by atoms with Crippen LogP contribution in [-0.2, 0) is 22.7 Å². The molecule has 0 aliphatic heterocycles. The summed E-state index contributed by atoms with van der Waals surface area (Å²) in [6.45, 7) is -0.379. The summed E-state index contributed by atoms with van der Waals surface area (Å²) in [5.74, 6) is -1.25. The Hall–Kier alpha value is -4.01. The van der Waals surface area contributed by atoms with Crippen LogP contribution in [0.25, 0.3) is 0 Å². The topological polar surface area (TPSA) is 142 Å². The highest BCUT2D eigenvalue weighted by Crippen LogP contribution is 2.34. The van der Waals surface area contributed by atoms with Gasteiger partial charge >= 0.3 is 6.18 Å². The van der Waals surface area contributed by atoms with Crippen molar-refractivity contribution in [2.24, 2.45) is 0 Å². The van der Waals surface area contributed by atoms with Gasteiger partial charge in [-0.25, -0.2) is 18.4 Å². The number of aromatic nitrogens is 4. The Morgan fingerprint density at radius 1 is 1.14 bits per heavy atom. The minimum atomic E-state index is -4.79. The molecule has 1 aromatic carbocycles. The molecule has 0 spiro atoms. The molecule has 0 saturated carbocycles. The molecule has 0 fully saturated rings. The van der Waals surface area contributed by atoms with Crippen LogP contribution in [0.5, 0.6) is 0 Å². The maximum absolute atomic E-state index is 13.6. The minimum absolute atomic E-state index is 0.0128. The molecular formula is C20H21F3N8O3S. The van der Waals surface area contributed by atoms with Crippen LogP contribution < -0.4 is 20.3 Å². The van der Waals surface area contributed by atoms with E-state index in [1.165, 1.54) is 43.7 Å². The first kappa shape index (κ1) is 24.1. The van der Waals surface area contributed by atoms with E-state index in [2.05, 4.69) is 35.9 Å². The number of alkyl halides is 3. The molecule has 3 rings (SSSR count). The van der Waals surface area contributed by atoms with Crippen LogP contribution >= 0.6 is 0 Å². The first-order valence-corrected chi connectivity index (χ1v) is 11.6. The normalized spacial score (nSPS) is 12.0. The molecule has 3 aromatic rings. The van der Waals surface area contributed by atoms with E-state index in [0.29, 0.717) is 21.8 Å². The van der Waals surface area contributed by atoms with Gasteiger partial charge in [-0.15, -0.1) is 0 Å². The molecule has 186 valence electrons. The number of halogens is 3. The van der Waals surface area contributed by atoms with Gasteiger partial charge in [-0.2, -0.15) is 18.2 Å². The minimum Gasteiger partial charge on any atom is -0.364 e. The predicted octanol–water partition coefficient (Wildman–Crippen LogP) is 2.40. The lowest BCUT2D eigenvalue weighted by Gasteiger charge is -2.19. The van der Waals surface area contributed by atoms with Gasteiger partial charge in [0.15, 0.2) is 5.82 Å². The van der Waals surface area contributed by atoms with Crippen molar-refractivity contribution in [2.75, 3.05) is 35.3 Å². The van der Waals surface area contributed by atoms with E-state index in [1.807, 2.05) is 0 Å². The third-order valence-electron chi connectivity index (χ3n) is 4.54. The van der Waals surface area contributed by atoms with Crippen LogP contribution in [-0.4, -0.2) is 54.6 Å². The van der Waals surface area contributed by atoms with E-state index < -0.39 is 34.6 Å². The molecule has 11 nitrogen and oxygen atoms in total. The fourth-order valence-corrected chi connectivity index (χ4v) is 3.25. The highest BCUT2D eigenvalue weighted by molar-refractivity contribution is 7.92. The molecule has 1 amide bonds. The van der Waals surface area contributed by atoms with Crippen LogP contribution in [0.3, 0.4) is 0 Å². The van der Waals surface area contributed by atoms with Crippen molar-refractivity contribution in [3.8, 4) is 0 Å². The summed E-state index contributed by atoms with van der Waals surface area (Å²) in [4.78, 5) is 27.2. The average molecular weight is 512 g/mol. The Morgan fingerprint density at radius 2 is 1.83 bits per heavy atom. The number of hydrogen-bond donors (Lipinski definition) is 3. The molecule has 2 aromatic heterocycles. The van der Waals surface area contributed by atoms with Gasteiger partial charge in [0.1, 0.15) is 17.1 Å². The Balaban J connectivity index is 1.89. The van der Waals surface area contributed by atoms with E-state index in [1.54, 1.807) is 0 Å². The smallest absolute Gasteiger partial charge is 0.364 e. The molecule has 0 aliphatic carbocycles. The Morgan fingerprint density at radius 3 is 2.43 bits per heavy atom. The van der Waals surface area contributed by atoms with Crippen LogP contribution in [0.2, 0.25) is 0 Å². The SMILES string of the molecule is [2H]CN(c1nccnc1CNc1nc(Nc2ccc(C(=O)NC)cc2)ncc1C(F)(F)F)S(C)(=O)=O. The Labute approximate surface area is 200 Å². The summed E-state index contributed by atoms with van der Waals surface area (Å²) in [6.07, 6.45) is -0.873. The average Bonchev–Trinajstić information content (AvgIpc) is 2.82. The predicted molar refractivity (Wildman–Crippen MR) is 123 cm³/mol. The van der Waals surface area contributed by atoms with Crippen LogP contribution in [0.15, 0.2) is 42.9 Å². The second kappa shape index (κ2) is 10.1. The number of benzene rings is 1. The van der Waals surface area contributed by atoms with Gasteiger partial charge in [0.05, 0.1) is 12.8 Å². The Kier molecular flexibility index (Phi) is 6.95. The van der Waals surface area contributed by atoms with Crippen LogP contribution in [0, 0.1) is 0 Å². The lowest BCUT2D eigenvalue weighted by molar-refractivity contribution is -0.137. The molecule has 0 aliphatic rings. The molecular weight excluding hydrogens is 489 g/mol. The highest BCUT2D eigenvalue weighted by Gasteiger charge is 2.35. The highest BCUT2D eigenvalue weighted by atomic mass is 32.2. The van der Waals surface area contributed by atoms with Gasteiger partial charge in [0.25, 0.3) is 5.91 Å². The molecule has 15 heteroatoms. The third kappa shape index (κ3) is 6.32. The van der Waals surface area contributed by atoms with Gasteiger partial charge in [-0.3, -0.25) is 14.1 Å². The lowest BCUT2D eigenvalue weighted by atomic mass is 10.2. The zero-order valence-electron chi connectivity index (χ0n) is 19.5. The van der Waals surface area contributed by atoms with E-state index in [9.17, 15) is 26.4 Å². The maximum atomic E-state index is 13.6. The number of carbonyl (C=O) groups excluding carboxylic acids is 1.